The van der Waals surface area contributed by atoms with Gasteiger partial charge in [0, 0.05) is 91.8 Å². The number of fused-ring (bicyclic) bond motifs is 2. The van der Waals surface area contributed by atoms with Gasteiger partial charge in [0.05, 0.1) is 20.8 Å². The van der Waals surface area contributed by atoms with Crippen molar-refractivity contribution >= 4 is 77.9 Å². The van der Waals surface area contributed by atoms with Crippen molar-refractivity contribution in [1.82, 2.24) is 19.8 Å². The average Bonchev–Trinajstić information content (AvgIpc) is 3.88. The standard InChI is InChI=1S/C36H28Cl2N4O4S2/c37-33-21(3-1-5-23(33)29-15-25-27(47-29)11-13-41(35(25)45)17-19-7-9-31(43)39-19)22-4-2-6-24(34(22)38)30-16-26-28(48-30)12-14-42(36(26)46)18-20-8-10-32(44)40-20/h1-6,11-16,19-20H,7-10,17-18H2,(H,39,43)(H,40,44)/t19-,20-/m0/s1. The van der Waals surface area contributed by atoms with Crippen LogP contribution in [-0.4, -0.2) is 33.0 Å². The van der Waals surface area contributed by atoms with E-state index in [0.717, 1.165) is 54.2 Å². The topological polar surface area (TPSA) is 102 Å². The molecule has 0 spiro atoms. The smallest absolute Gasteiger partial charge is 0.259 e. The summed E-state index contributed by atoms with van der Waals surface area (Å²) >= 11 is 17.2. The van der Waals surface area contributed by atoms with Gasteiger partial charge in [-0.1, -0.05) is 59.6 Å². The van der Waals surface area contributed by atoms with Crippen molar-refractivity contribution in [2.45, 2.75) is 50.9 Å². The first-order valence-electron chi connectivity index (χ1n) is 15.7. The van der Waals surface area contributed by atoms with E-state index in [1.165, 1.54) is 22.7 Å². The summed E-state index contributed by atoms with van der Waals surface area (Å²) in [6, 6.07) is 19.2. The summed E-state index contributed by atoms with van der Waals surface area (Å²) in [6.07, 6.45) is 5.99. The molecule has 48 heavy (non-hydrogen) atoms. The molecule has 0 radical (unpaired) electrons. The van der Waals surface area contributed by atoms with Gasteiger partial charge in [0.25, 0.3) is 11.1 Å². The van der Waals surface area contributed by atoms with Gasteiger partial charge in [-0.3, -0.25) is 19.2 Å². The van der Waals surface area contributed by atoms with E-state index in [2.05, 4.69) is 10.6 Å². The van der Waals surface area contributed by atoms with Crippen LogP contribution in [0.1, 0.15) is 25.7 Å². The minimum absolute atomic E-state index is 0.0217. The Morgan fingerprint density at radius 1 is 0.625 bits per heavy atom. The molecule has 2 N–H and O–H groups in total. The van der Waals surface area contributed by atoms with E-state index in [1.54, 1.807) is 21.5 Å². The van der Waals surface area contributed by atoms with E-state index in [-0.39, 0.29) is 35.0 Å². The number of nitrogens with zero attached hydrogens (tertiary/aromatic N) is 2. The SMILES string of the molecule is O=C1CC[C@@H](Cn2ccc3sc(-c4cccc(-c5cccc(-c6cc7c(=O)n(C[C@@H]8CCC(=O)N8)ccc7s6)c5Cl)c4Cl)cc3c2=O)N1. The molecule has 2 aliphatic heterocycles. The van der Waals surface area contributed by atoms with Gasteiger partial charge in [0.15, 0.2) is 0 Å². The lowest BCUT2D eigenvalue weighted by Gasteiger charge is -2.12. The van der Waals surface area contributed by atoms with Crippen LogP contribution in [0.4, 0.5) is 0 Å². The number of amides is 2. The Morgan fingerprint density at radius 3 is 1.44 bits per heavy atom. The number of rotatable bonds is 7. The zero-order chi connectivity index (χ0) is 33.1. The quantitative estimate of drug-likeness (QED) is 0.181. The summed E-state index contributed by atoms with van der Waals surface area (Å²) in [4.78, 5) is 51.8. The van der Waals surface area contributed by atoms with Crippen LogP contribution in [0.3, 0.4) is 0 Å². The third-order valence-electron chi connectivity index (χ3n) is 9.14. The van der Waals surface area contributed by atoms with Crippen molar-refractivity contribution in [3.63, 3.8) is 0 Å². The fraction of sp³-hybridized carbons (Fsp3) is 0.222. The first kappa shape index (κ1) is 31.1. The average molecular weight is 716 g/mol. The maximum atomic E-state index is 13.4. The second kappa shape index (κ2) is 12.3. The summed E-state index contributed by atoms with van der Waals surface area (Å²) in [5, 5.41) is 8.13. The number of pyridine rings is 2. The summed E-state index contributed by atoms with van der Waals surface area (Å²) in [7, 11) is 0. The van der Waals surface area contributed by atoms with E-state index >= 15 is 0 Å². The van der Waals surface area contributed by atoms with Crippen LogP contribution in [0.5, 0.6) is 0 Å². The molecule has 0 aliphatic carbocycles. The minimum atomic E-state index is -0.0976. The Kier molecular flexibility index (Phi) is 7.99. The van der Waals surface area contributed by atoms with Crippen molar-refractivity contribution < 1.29 is 9.59 Å². The number of halogens is 2. The number of carbonyl (C=O) groups excluding carboxylic acids is 2. The lowest BCUT2D eigenvalue weighted by atomic mass is 9.99. The van der Waals surface area contributed by atoms with Gasteiger partial charge < -0.3 is 19.8 Å². The lowest BCUT2D eigenvalue weighted by molar-refractivity contribution is -0.120. The molecular weight excluding hydrogens is 687 g/mol. The van der Waals surface area contributed by atoms with Gasteiger partial charge in [0.1, 0.15) is 0 Å². The number of nitrogens with one attached hydrogen (secondary N) is 2. The zero-order valence-electron chi connectivity index (χ0n) is 25.4. The van der Waals surface area contributed by atoms with Crippen molar-refractivity contribution in [3.8, 4) is 32.0 Å². The molecule has 2 atom stereocenters. The predicted octanol–water partition coefficient (Wildman–Crippen LogP) is 7.30. The Balaban J connectivity index is 1.12. The fourth-order valence-corrected chi connectivity index (χ4v) is 9.60. The number of hydrogen-bond acceptors (Lipinski definition) is 6. The van der Waals surface area contributed by atoms with Crippen LogP contribution in [-0.2, 0) is 22.7 Å². The molecular formula is C36H28Cl2N4O4S2. The number of thiophene rings is 2. The fourth-order valence-electron chi connectivity index (χ4n) is 6.67. The van der Waals surface area contributed by atoms with Crippen molar-refractivity contribution in [2.24, 2.45) is 0 Å². The first-order chi connectivity index (χ1) is 23.2. The normalized spacial score (nSPS) is 17.8. The molecule has 6 heterocycles. The molecule has 2 saturated heterocycles. The molecule has 2 amide bonds. The minimum Gasteiger partial charge on any atom is -0.352 e. The third kappa shape index (κ3) is 5.56. The summed E-state index contributed by atoms with van der Waals surface area (Å²) in [6.45, 7) is 0.875. The second-order valence-corrected chi connectivity index (χ2v) is 15.2. The predicted molar refractivity (Wildman–Crippen MR) is 194 cm³/mol. The van der Waals surface area contributed by atoms with E-state index in [4.69, 9.17) is 23.2 Å². The molecule has 242 valence electrons. The van der Waals surface area contributed by atoms with Gasteiger partial charge in [-0.25, -0.2) is 0 Å². The Morgan fingerprint density at radius 2 is 1.04 bits per heavy atom. The van der Waals surface area contributed by atoms with Crippen molar-refractivity contribution in [3.05, 3.63) is 104 Å². The highest BCUT2D eigenvalue weighted by Gasteiger charge is 2.24. The first-order valence-corrected chi connectivity index (χ1v) is 18.1. The van der Waals surface area contributed by atoms with Crippen molar-refractivity contribution in [2.75, 3.05) is 0 Å². The molecule has 6 aromatic rings. The van der Waals surface area contributed by atoms with Gasteiger partial charge in [-0.2, -0.15) is 0 Å². The third-order valence-corrected chi connectivity index (χ3v) is 12.2. The van der Waals surface area contributed by atoms with E-state index in [1.807, 2.05) is 60.7 Å². The Hall–Kier alpha value is -4.22. The summed E-state index contributed by atoms with van der Waals surface area (Å²) in [5.41, 5.74) is 2.92. The molecule has 0 unspecified atom stereocenters. The summed E-state index contributed by atoms with van der Waals surface area (Å²) in [5.74, 6) is 0.0434. The molecule has 2 aromatic carbocycles. The zero-order valence-corrected chi connectivity index (χ0v) is 28.6. The number of benzene rings is 2. The van der Waals surface area contributed by atoms with Crippen LogP contribution >= 0.6 is 45.9 Å². The molecule has 8 nitrogen and oxygen atoms in total. The molecule has 12 heteroatoms. The summed E-state index contributed by atoms with van der Waals surface area (Å²) < 4.78 is 5.05. The lowest BCUT2D eigenvalue weighted by Crippen LogP contribution is -2.33. The molecule has 2 aliphatic rings. The van der Waals surface area contributed by atoms with Gasteiger partial charge in [-0.05, 0) is 37.1 Å². The maximum absolute atomic E-state index is 13.4. The van der Waals surface area contributed by atoms with Gasteiger partial charge >= 0.3 is 0 Å². The number of aromatic nitrogens is 2. The van der Waals surface area contributed by atoms with Gasteiger partial charge in [0.2, 0.25) is 11.8 Å². The molecule has 4 aromatic heterocycles. The molecule has 0 saturated carbocycles. The highest BCUT2D eigenvalue weighted by atomic mass is 35.5. The highest BCUT2D eigenvalue weighted by molar-refractivity contribution is 7.22. The largest absolute Gasteiger partial charge is 0.352 e. The molecule has 0 bridgehead atoms. The van der Waals surface area contributed by atoms with Gasteiger partial charge in [-0.15, -0.1) is 22.7 Å². The van der Waals surface area contributed by atoms with Crippen LogP contribution in [0.25, 0.3) is 52.2 Å². The van der Waals surface area contributed by atoms with Crippen LogP contribution in [0.2, 0.25) is 10.0 Å². The second-order valence-electron chi connectivity index (χ2n) is 12.3. The van der Waals surface area contributed by atoms with Crippen LogP contribution < -0.4 is 21.8 Å². The van der Waals surface area contributed by atoms with E-state index in [0.29, 0.717) is 46.7 Å². The van der Waals surface area contributed by atoms with E-state index in [9.17, 15) is 19.2 Å². The highest BCUT2D eigenvalue weighted by Crippen LogP contribution is 2.45. The maximum Gasteiger partial charge on any atom is 0.259 e. The number of carbonyl (C=O) groups is 2. The van der Waals surface area contributed by atoms with Crippen LogP contribution in [0, 0.1) is 0 Å². The molecule has 8 rings (SSSR count). The van der Waals surface area contributed by atoms with Crippen molar-refractivity contribution in [1.29, 1.82) is 0 Å². The number of hydrogen-bond donors (Lipinski definition) is 2. The monoisotopic (exact) mass is 714 g/mol. The Bertz CT molecular complexity index is 2240. The molecule has 2 fully saturated rings. The Labute approximate surface area is 292 Å². The van der Waals surface area contributed by atoms with Crippen LogP contribution in [0.15, 0.2) is 82.6 Å². The van der Waals surface area contributed by atoms with E-state index < -0.39 is 0 Å².